The average Bonchev–Trinajstić information content (AvgIpc) is 2.99. The van der Waals surface area contributed by atoms with E-state index in [0.717, 1.165) is 29.1 Å². The lowest BCUT2D eigenvalue weighted by molar-refractivity contribution is -0.145. The van der Waals surface area contributed by atoms with Gasteiger partial charge in [-0.2, -0.15) is 0 Å². The molecule has 0 aliphatic carbocycles. The Bertz CT molecular complexity index is 1030. The smallest absolute Gasteiger partial charge is 0.344 e. The van der Waals surface area contributed by atoms with E-state index >= 15 is 0 Å². The molecular weight excluding hydrogens is 376 g/mol. The van der Waals surface area contributed by atoms with Crippen LogP contribution in [0.4, 0.5) is 11.4 Å². The lowest BCUT2D eigenvalue weighted by Gasteiger charge is -2.19. The van der Waals surface area contributed by atoms with Crippen molar-refractivity contribution in [2.75, 3.05) is 18.5 Å². The third kappa shape index (κ3) is 4.69. The van der Waals surface area contributed by atoms with Crippen LogP contribution in [0.2, 0.25) is 0 Å². The summed E-state index contributed by atoms with van der Waals surface area (Å²) in [5, 5.41) is 3.64. The van der Waals surface area contributed by atoms with Crippen LogP contribution < -0.4 is 10.1 Å². The molecule has 3 aromatic rings. The van der Waals surface area contributed by atoms with Gasteiger partial charge in [-0.15, -0.1) is 0 Å². The van der Waals surface area contributed by atoms with Crippen molar-refractivity contribution in [1.82, 2.24) is 0 Å². The number of fused-ring (bicyclic) bond motifs is 1. The number of carbonyl (C=O) groups is 1. The Balaban J connectivity index is 1.58. The molecule has 1 aliphatic heterocycles. The molecule has 3 aromatic carbocycles. The molecular formula is C25H24N2O3. The quantitative estimate of drug-likeness (QED) is 0.570. The molecule has 0 saturated heterocycles. The molecule has 0 spiro atoms. The highest BCUT2D eigenvalue weighted by atomic mass is 16.6. The van der Waals surface area contributed by atoms with Gasteiger partial charge < -0.3 is 14.8 Å². The molecule has 0 fully saturated rings. The van der Waals surface area contributed by atoms with Crippen molar-refractivity contribution < 1.29 is 14.3 Å². The van der Waals surface area contributed by atoms with Gasteiger partial charge in [0, 0.05) is 6.42 Å². The molecule has 1 aliphatic rings. The number of hydrogen-bond acceptors (Lipinski definition) is 5. The summed E-state index contributed by atoms with van der Waals surface area (Å²) in [4.78, 5) is 16.4. The minimum absolute atomic E-state index is 0.0957. The number of aliphatic imine (C=N–C) groups is 1. The topological polar surface area (TPSA) is 59.9 Å². The number of carbonyl (C=O) groups excluding carboxylic acids is 1. The van der Waals surface area contributed by atoms with Crippen LogP contribution >= 0.6 is 0 Å². The highest BCUT2D eigenvalue weighted by molar-refractivity contribution is 6.04. The highest BCUT2D eigenvalue weighted by Gasteiger charge is 2.20. The molecule has 0 saturated carbocycles. The molecule has 0 bridgehead atoms. The molecule has 1 atom stereocenters. The largest absolute Gasteiger partial charge is 0.482 e. The number of ether oxygens (including phenoxy) is 2. The van der Waals surface area contributed by atoms with E-state index in [4.69, 9.17) is 14.5 Å². The van der Waals surface area contributed by atoms with Gasteiger partial charge in [-0.3, -0.25) is 4.99 Å². The molecule has 5 heteroatoms. The summed E-state index contributed by atoms with van der Waals surface area (Å²) < 4.78 is 10.4. The molecule has 4 rings (SSSR count). The maximum Gasteiger partial charge on any atom is 0.344 e. The molecule has 152 valence electrons. The van der Waals surface area contributed by atoms with Crippen LogP contribution in [0.15, 0.2) is 83.9 Å². The Labute approximate surface area is 176 Å². The van der Waals surface area contributed by atoms with Gasteiger partial charge in [0.15, 0.2) is 6.61 Å². The number of hydrogen-bond donors (Lipinski definition) is 1. The summed E-state index contributed by atoms with van der Waals surface area (Å²) in [7, 11) is 0. The Morgan fingerprint density at radius 3 is 2.50 bits per heavy atom. The van der Waals surface area contributed by atoms with Crippen molar-refractivity contribution in [3.63, 3.8) is 0 Å². The van der Waals surface area contributed by atoms with Gasteiger partial charge in [-0.05, 0) is 54.4 Å². The molecule has 0 amide bonds. The number of para-hydroxylation sites is 2. The molecule has 0 radical (unpaired) electrons. The van der Waals surface area contributed by atoms with Gasteiger partial charge >= 0.3 is 5.97 Å². The van der Waals surface area contributed by atoms with E-state index in [-0.39, 0.29) is 18.6 Å². The number of nitrogens with zero attached hydrogens (tertiary/aromatic N) is 1. The van der Waals surface area contributed by atoms with Crippen LogP contribution in [-0.2, 0) is 9.53 Å². The van der Waals surface area contributed by atoms with Gasteiger partial charge in [0.2, 0.25) is 0 Å². The van der Waals surface area contributed by atoms with Gasteiger partial charge in [0.1, 0.15) is 5.75 Å². The second-order valence-corrected chi connectivity index (χ2v) is 7.01. The van der Waals surface area contributed by atoms with Gasteiger partial charge in [0.25, 0.3) is 0 Å². The van der Waals surface area contributed by atoms with Crippen molar-refractivity contribution in [3.8, 4) is 5.75 Å². The Morgan fingerprint density at radius 1 is 1.00 bits per heavy atom. The van der Waals surface area contributed by atoms with Crippen LogP contribution in [0.1, 0.15) is 30.5 Å². The Hall–Kier alpha value is -3.60. The zero-order valence-corrected chi connectivity index (χ0v) is 16.9. The summed E-state index contributed by atoms with van der Waals surface area (Å²) >= 11 is 0. The summed E-state index contributed by atoms with van der Waals surface area (Å²) in [6.07, 6.45) is 0.752. The van der Waals surface area contributed by atoms with Gasteiger partial charge in [0.05, 0.1) is 29.7 Å². The highest BCUT2D eigenvalue weighted by Crippen LogP contribution is 2.35. The monoisotopic (exact) mass is 400 g/mol. The van der Waals surface area contributed by atoms with Crippen LogP contribution in [0.3, 0.4) is 0 Å². The van der Waals surface area contributed by atoms with Gasteiger partial charge in [-0.25, -0.2) is 4.79 Å². The fourth-order valence-electron chi connectivity index (χ4n) is 3.47. The molecule has 5 nitrogen and oxygen atoms in total. The standard InChI is InChI=1S/C25H24N2O3/c1-2-29-25(28)17-30-20-14-12-19(13-15-20)24-16-23(18-8-4-3-5-9-18)26-21-10-6-7-11-22(21)27-24/h3-15,23,26H,2,16-17H2,1H3/t23-/m1/s1. The maximum atomic E-state index is 11.5. The van der Waals surface area contributed by atoms with E-state index in [1.54, 1.807) is 6.92 Å². The van der Waals surface area contributed by atoms with Crippen LogP contribution in [-0.4, -0.2) is 24.9 Å². The molecule has 0 unspecified atom stereocenters. The third-order valence-electron chi connectivity index (χ3n) is 4.94. The summed E-state index contributed by atoms with van der Waals surface area (Å²) in [5.41, 5.74) is 5.19. The van der Waals surface area contributed by atoms with Crippen molar-refractivity contribution >= 4 is 23.1 Å². The zero-order chi connectivity index (χ0) is 20.8. The first-order valence-electron chi connectivity index (χ1n) is 10.1. The minimum Gasteiger partial charge on any atom is -0.482 e. The predicted molar refractivity (Wildman–Crippen MR) is 119 cm³/mol. The molecule has 1 heterocycles. The first-order valence-corrected chi connectivity index (χ1v) is 10.1. The second-order valence-electron chi connectivity index (χ2n) is 7.01. The average molecular weight is 400 g/mol. The third-order valence-corrected chi connectivity index (χ3v) is 4.94. The van der Waals surface area contributed by atoms with Crippen molar-refractivity contribution in [3.05, 3.63) is 90.0 Å². The first kappa shape index (κ1) is 19.7. The maximum absolute atomic E-state index is 11.5. The Morgan fingerprint density at radius 2 is 1.73 bits per heavy atom. The predicted octanol–water partition coefficient (Wildman–Crippen LogP) is 5.31. The van der Waals surface area contributed by atoms with Crippen molar-refractivity contribution in [2.24, 2.45) is 4.99 Å². The van der Waals surface area contributed by atoms with Crippen LogP contribution in [0, 0.1) is 0 Å². The van der Waals surface area contributed by atoms with Crippen molar-refractivity contribution in [2.45, 2.75) is 19.4 Å². The number of anilines is 1. The van der Waals surface area contributed by atoms with Crippen molar-refractivity contribution in [1.29, 1.82) is 0 Å². The number of nitrogens with one attached hydrogen (secondary N) is 1. The SMILES string of the molecule is CCOC(=O)COc1ccc(C2=Nc3ccccc3N[C@@H](c3ccccc3)C2)cc1. The summed E-state index contributed by atoms with van der Waals surface area (Å²) in [6, 6.07) is 26.3. The lowest BCUT2D eigenvalue weighted by atomic mass is 9.97. The summed E-state index contributed by atoms with van der Waals surface area (Å²) in [5.74, 6) is 0.252. The van der Waals surface area contributed by atoms with Gasteiger partial charge in [-0.1, -0.05) is 42.5 Å². The van der Waals surface area contributed by atoms with Crippen LogP contribution in [0.25, 0.3) is 0 Å². The molecule has 1 N–H and O–H groups in total. The van der Waals surface area contributed by atoms with E-state index < -0.39 is 0 Å². The zero-order valence-electron chi connectivity index (χ0n) is 16.9. The first-order chi connectivity index (χ1) is 14.7. The Kier molecular flexibility index (Phi) is 6.09. The summed E-state index contributed by atoms with van der Waals surface area (Å²) in [6.45, 7) is 2.02. The van der Waals surface area contributed by atoms with E-state index in [9.17, 15) is 4.79 Å². The number of esters is 1. The normalized spacial score (nSPS) is 15.2. The number of benzene rings is 3. The fraction of sp³-hybridized carbons (Fsp3) is 0.200. The molecule has 30 heavy (non-hydrogen) atoms. The van der Waals surface area contributed by atoms with E-state index in [1.807, 2.05) is 48.5 Å². The van der Waals surface area contributed by atoms with E-state index in [2.05, 4.69) is 35.6 Å². The van der Waals surface area contributed by atoms with E-state index in [1.165, 1.54) is 5.56 Å². The lowest BCUT2D eigenvalue weighted by Crippen LogP contribution is -2.15. The number of rotatable bonds is 6. The van der Waals surface area contributed by atoms with Crippen LogP contribution in [0.5, 0.6) is 5.75 Å². The second kappa shape index (κ2) is 9.27. The molecule has 0 aromatic heterocycles. The minimum atomic E-state index is -0.372. The fourth-order valence-corrected chi connectivity index (χ4v) is 3.47. The van der Waals surface area contributed by atoms with E-state index in [0.29, 0.717) is 12.4 Å².